The molecule has 98 valence electrons. The normalized spacial score (nSPS) is 11.0. The highest BCUT2D eigenvalue weighted by molar-refractivity contribution is 5.83. The van der Waals surface area contributed by atoms with E-state index in [1.54, 1.807) is 10.9 Å². The Labute approximate surface area is 110 Å². The van der Waals surface area contributed by atoms with Crippen molar-refractivity contribution in [1.82, 2.24) is 14.8 Å². The molecule has 0 spiro atoms. The molecule has 0 aliphatic heterocycles. The molecule has 0 atom stereocenters. The highest BCUT2D eigenvalue weighted by atomic mass is 16.3. The second-order valence-electron chi connectivity index (χ2n) is 4.43. The zero-order valence-electron chi connectivity index (χ0n) is 10.5. The fourth-order valence-corrected chi connectivity index (χ4v) is 2.18. The van der Waals surface area contributed by atoms with Gasteiger partial charge in [0, 0.05) is 29.8 Å². The number of nitrogens with zero attached hydrogens (tertiary/aromatic N) is 2. The minimum Gasteiger partial charge on any atom is -0.394 e. The Hall–Kier alpha value is -2.27. The minimum absolute atomic E-state index is 0.101. The number of anilines is 1. The Morgan fingerprint density at radius 3 is 3.16 bits per heavy atom. The Kier molecular flexibility index (Phi) is 3.20. The molecule has 0 saturated heterocycles. The molecule has 5 heteroatoms. The quantitative estimate of drug-likeness (QED) is 0.654. The number of hydrogen-bond donors (Lipinski definition) is 3. The van der Waals surface area contributed by atoms with Crippen LogP contribution in [0.25, 0.3) is 10.9 Å². The molecule has 5 nitrogen and oxygen atoms in total. The first-order chi connectivity index (χ1) is 9.36. The van der Waals surface area contributed by atoms with E-state index in [1.165, 1.54) is 10.9 Å². The van der Waals surface area contributed by atoms with E-state index in [0.29, 0.717) is 6.54 Å². The number of aliphatic hydroxyl groups excluding tert-OH is 1. The molecule has 0 unspecified atom stereocenters. The van der Waals surface area contributed by atoms with Crippen LogP contribution in [-0.4, -0.2) is 26.5 Å². The van der Waals surface area contributed by atoms with Crippen LogP contribution >= 0.6 is 0 Å². The van der Waals surface area contributed by atoms with Gasteiger partial charge >= 0.3 is 0 Å². The molecule has 19 heavy (non-hydrogen) atoms. The van der Waals surface area contributed by atoms with Gasteiger partial charge in [-0.15, -0.1) is 0 Å². The topological polar surface area (TPSA) is 65.9 Å². The van der Waals surface area contributed by atoms with Gasteiger partial charge in [0.2, 0.25) is 0 Å². The van der Waals surface area contributed by atoms with Crippen LogP contribution in [0.4, 0.5) is 5.69 Å². The summed E-state index contributed by atoms with van der Waals surface area (Å²) in [7, 11) is 0. The number of hydrogen-bond acceptors (Lipinski definition) is 3. The molecular formula is C14H16N4O. The lowest BCUT2D eigenvalue weighted by molar-refractivity contribution is 0.269. The maximum atomic E-state index is 8.85. The number of aliphatic hydroxyl groups is 1. The third-order valence-corrected chi connectivity index (χ3v) is 3.13. The van der Waals surface area contributed by atoms with E-state index < -0.39 is 0 Å². The van der Waals surface area contributed by atoms with E-state index in [-0.39, 0.29) is 6.61 Å². The molecule has 0 aliphatic carbocycles. The molecule has 0 bridgehead atoms. The molecule has 3 rings (SSSR count). The van der Waals surface area contributed by atoms with Crippen LogP contribution in [0.5, 0.6) is 0 Å². The van der Waals surface area contributed by atoms with Crippen molar-refractivity contribution in [3.8, 4) is 0 Å². The van der Waals surface area contributed by atoms with Crippen LogP contribution in [0.15, 0.2) is 42.9 Å². The van der Waals surface area contributed by atoms with Crippen LogP contribution in [-0.2, 0) is 13.1 Å². The maximum absolute atomic E-state index is 8.85. The largest absolute Gasteiger partial charge is 0.394 e. The van der Waals surface area contributed by atoms with Gasteiger partial charge in [-0.2, -0.15) is 5.10 Å². The molecule has 0 amide bonds. The van der Waals surface area contributed by atoms with Gasteiger partial charge in [0.05, 0.1) is 25.0 Å². The van der Waals surface area contributed by atoms with Crippen molar-refractivity contribution >= 4 is 16.6 Å². The van der Waals surface area contributed by atoms with Crippen LogP contribution in [0.2, 0.25) is 0 Å². The van der Waals surface area contributed by atoms with Crippen LogP contribution < -0.4 is 5.32 Å². The molecule has 0 fully saturated rings. The Morgan fingerprint density at radius 1 is 1.32 bits per heavy atom. The summed E-state index contributed by atoms with van der Waals surface area (Å²) in [5, 5.41) is 17.6. The smallest absolute Gasteiger partial charge is 0.0729 e. The van der Waals surface area contributed by atoms with Crippen molar-refractivity contribution in [1.29, 1.82) is 0 Å². The molecular weight excluding hydrogens is 240 g/mol. The summed E-state index contributed by atoms with van der Waals surface area (Å²) in [6, 6.07) is 8.31. The molecule has 0 saturated carbocycles. The van der Waals surface area contributed by atoms with E-state index >= 15 is 0 Å². The van der Waals surface area contributed by atoms with E-state index in [9.17, 15) is 0 Å². The lowest BCUT2D eigenvalue weighted by atomic mass is 10.1. The number of aromatic amines is 1. The summed E-state index contributed by atoms with van der Waals surface area (Å²) in [4.78, 5) is 3.21. The molecule has 0 aliphatic rings. The fraction of sp³-hybridized carbons (Fsp3) is 0.214. The van der Waals surface area contributed by atoms with Gasteiger partial charge in [-0.25, -0.2) is 0 Å². The fourth-order valence-electron chi connectivity index (χ4n) is 2.18. The van der Waals surface area contributed by atoms with Gasteiger partial charge in [0.25, 0.3) is 0 Å². The first-order valence-corrected chi connectivity index (χ1v) is 6.29. The summed E-state index contributed by atoms with van der Waals surface area (Å²) >= 11 is 0. The Balaban J connectivity index is 1.73. The van der Waals surface area contributed by atoms with Crippen molar-refractivity contribution in [2.24, 2.45) is 0 Å². The molecule has 0 radical (unpaired) electrons. The molecule has 3 N–H and O–H groups in total. The van der Waals surface area contributed by atoms with E-state index in [0.717, 1.165) is 17.7 Å². The van der Waals surface area contributed by atoms with Gasteiger partial charge in [0.15, 0.2) is 0 Å². The predicted octanol–water partition coefficient (Wildman–Crippen LogP) is 1.97. The van der Waals surface area contributed by atoms with Crippen molar-refractivity contribution in [3.05, 3.63) is 48.4 Å². The highest BCUT2D eigenvalue weighted by Gasteiger charge is 2.02. The van der Waals surface area contributed by atoms with E-state index in [1.807, 2.05) is 18.5 Å². The van der Waals surface area contributed by atoms with Gasteiger partial charge < -0.3 is 15.4 Å². The third kappa shape index (κ3) is 2.46. The van der Waals surface area contributed by atoms with Crippen molar-refractivity contribution in [2.45, 2.75) is 13.1 Å². The third-order valence-electron chi connectivity index (χ3n) is 3.13. The first kappa shape index (κ1) is 11.8. The number of benzene rings is 1. The standard InChI is InChI=1S/C14H16N4O/c19-7-6-18-10-12(9-17-18)16-8-11-2-1-3-14-13(11)4-5-15-14/h1-5,9-10,15-16,19H,6-8H2. The summed E-state index contributed by atoms with van der Waals surface area (Å²) in [6.07, 6.45) is 5.62. The second-order valence-corrected chi connectivity index (χ2v) is 4.43. The molecule has 3 aromatic rings. The van der Waals surface area contributed by atoms with E-state index in [2.05, 4.69) is 33.6 Å². The average molecular weight is 256 g/mol. The number of H-pyrrole nitrogens is 1. The lowest BCUT2D eigenvalue weighted by Gasteiger charge is -2.05. The molecule has 2 aromatic heterocycles. The summed E-state index contributed by atoms with van der Waals surface area (Å²) in [5.41, 5.74) is 3.35. The van der Waals surface area contributed by atoms with Crippen LogP contribution in [0.1, 0.15) is 5.56 Å². The monoisotopic (exact) mass is 256 g/mol. The number of rotatable bonds is 5. The first-order valence-electron chi connectivity index (χ1n) is 6.29. The zero-order valence-corrected chi connectivity index (χ0v) is 10.5. The molecule has 2 heterocycles. The van der Waals surface area contributed by atoms with Crippen molar-refractivity contribution in [2.75, 3.05) is 11.9 Å². The SMILES string of the molecule is OCCn1cc(NCc2cccc3[nH]ccc23)cn1. The number of nitrogens with one attached hydrogen (secondary N) is 2. The second kappa shape index (κ2) is 5.16. The number of fused-ring (bicyclic) bond motifs is 1. The molecule has 1 aromatic carbocycles. The van der Waals surface area contributed by atoms with E-state index in [4.69, 9.17) is 5.11 Å². The van der Waals surface area contributed by atoms with Gasteiger partial charge in [-0.05, 0) is 17.7 Å². The lowest BCUT2D eigenvalue weighted by Crippen LogP contribution is -2.02. The van der Waals surface area contributed by atoms with Crippen LogP contribution in [0.3, 0.4) is 0 Å². The summed E-state index contributed by atoms with van der Waals surface area (Å²) < 4.78 is 1.72. The predicted molar refractivity (Wildman–Crippen MR) is 74.9 cm³/mol. The van der Waals surface area contributed by atoms with Crippen LogP contribution in [0, 0.1) is 0 Å². The summed E-state index contributed by atoms with van der Waals surface area (Å²) in [5.74, 6) is 0. The van der Waals surface area contributed by atoms with Gasteiger partial charge in [0.1, 0.15) is 0 Å². The average Bonchev–Trinajstić information content (AvgIpc) is 3.05. The van der Waals surface area contributed by atoms with Crippen molar-refractivity contribution in [3.63, 3.8) is 0 Å². The highest BCUT2D eigenvalue weighted by Crippen LogP contribution is 2.18. The summed E-state index contributed by atoms with van der Waals surface area (Å²) in [6.45, 7) is 1.37. The van der Waals surface area contributed by atoms with Gasteiger partial charge in [-0.1, -0.05) is 12.1 Å². The Morgan fingerprint density at radius 2 is 2.26 bits per heavy atom. The van der Waals surface area contributed by atoms with Crippen molar-refractivity contribution < 1.29 is 5.11 Å². The zero-order chi connectivity index (χ0) is 13.1. The Bertz CT molecular complexity index is 671. The minimum atomic E-state index is 0.101. The van der Waals surface area contributed by atoms with Gasteiger partial charge in [-0.3, -0.25) is 4.68 Å². The maximum Gasteiger partial charge on any atom is 0.0729 e. The number of aromatic nitrogens is 3.